The van der Waals surface area contributed by atoms with Crippen LogP contribution < -0.4 is 15.2 Å². The molecule has 1 aromatic heterocycles. The van der Waals surface area contributed by atoms with Crippen molar-refractivity contribution in [2.24, 2.45) is 23.7 Å². The normalized spacial score (nSPS) is 17.1. The summed E-state index contributed by atoms with van der Waals surface area (Å²) in [5, 5.41) is 17.2. The molecule has 1 saturated heterocycles. The Balaban J connectivity index is 1.88. The van der Waals surface area contributed by atoms with Crippen LogP contribution in [0.1, 0.15) is 154 Å². The number of nitrogens with zero attached hydrogens (tertiary/aromatic N) is 3. The first kappa shape index (κ1) is 60.1. The minimum atomic E-state index is -5.08. The number of hydrogen-bond donors (Lipinski definition) is 5. The summed E-state index contributed by atoms with van der Waals surface area (Å²) in [5.41, 5.74) is 0.369. The van der Waals surface area contributed by atoms with Crippen molar-refractivity contribution in [2.75, 3.05) is 31.7 Å². The highest BCUT2D eigenvalue weighted by molar-refractivity contribution is 8.01. The molecule has 1 unspecified atom stereocenters. The number of amides is 3. The molecule has 0 aliphatic carbocycles. The number of nitrogens with one attached hydrogen (secondary N) is 2. The summed E-state index contributed by atoms with van der Waals surface area (Å²) >= 11 is 2.51. The van der Waals surface area contributed by atoms with Crippen molar-refractivity contribution >= 4 is 77.8 Å². The van der Waals surface area contributed by atoms with E-state index in [1.165, 1.54) is 49.2 Å². The molecule has 2 heterocycles. The number of thioether (sulfide) groups is 1. The summed E-state index contributed by atoms with van der Waals surface area (Å²) in [6.45, 7) is 17.1. The molecule has 3 rings (SSSR count). The van der Waals surface area contributed by atoms with E-state index in [2.05, 4.69) is 20.5 Å². The third-order valence-electron chi connectivity index (χ3n) is 13.0. The number of ether oxygens (including phenoxy) is 1. The Bertz CT molecular complexity index is 2180. The summed E-state index contributed by atoms with van der Waals surface area (Å²) in [7, 11) is -1.42. The zero-order chi connectivity index (χ0) is 52.7. The molecule has 0 saturated carbocycles. The number of likely N-dealkylation sites (tertiary alicyclic amines) is 1. The minimum Gasteiger partial charge on any atom is -0.481 e. The molecule has 21 heteroatoms. The van der Waals surface area contributed by atoms with Gasteiger partial charge < -0.3 is 29.9 Å². The monoisotopic (exact) mass is 1040 g/mol. The van der Waals surface area contributed by atoms with E-state index < -0.39 is 66.3 Å². The number of Topliss-reactive ketones (excluding diaryl/α,β-unsaturated/α-hetero) is 2. The molecule has 3 amide bonds. The molecule has 18 nitrogen and oxygen atoms in total. The van der Waals surface area contributed by atoms with E-state index >= 15 is 0 Å². The topological polar surface area (TPSA) is 259 Å². The first-order valence-electron chi connectivity index (χ1n) is 24.1. The number of phosphoric acid groups is 1. The highest BCUT2D eigenvalue weighted by atomic mass is 32.2. The number of phosphoric ester groups is 1. The summed E-state index contributed by atoms with van der Waals surface area (Å²) in [6, 6.07) is 2.66. The van der Waals surface area contributed by atoms with Gasteiger partial charge in [-0.15, -0.1) is 23.1 Å². The molecule has 0 radical (unpaired) electrons. The molecule has 2 aromatic rings. The van der Waals surface area contributed by atoms with Gasteiger partial charge in [-0.1, -0.05) is 74.3 Å². The Morgan fingerprint density at radius 3 is 2.33 bits per heavy atom. The zero-order valence-electron chi connectivity index (χ0n) is 42.7. The van der Waals surface area contributed by atoms with Crippen LogP contribution >= 0.6 is 30.9 Å². The predicted molar refractivity (Wildman–Crippen MR) is 271 cm³/mol. The van der Waals surface area contributed by atoms with Crippen molar-refractivity contribution in [2.45, 2.75) is 162 Å². The zero-order valence-corrected chi connectivity index (χ0v) is 45.2. The summed E-state index contributed by atoms with van der Waals surface area (Å²) in [6.07, 6.45) is 3.55. The third-order valence-corrected chi connectivity index (χ3v) is 15.8. The van der Waals surface area contributed by atoms with Gasteiger partial charge >= 0.3 is 19.8 Å². The van der Waals surface area contributed by atoms with Crippen molar-refractivity contribution in [1.82, 2.24) is 20.1 Å². The molecule has 1 aromatic carbocycles. The Kier molecular flexibility index (Phi) is 23.7. The molecular formula is C49H76N5O13PS2. The van der Waals surface area contributed by atoms with Crippen LogP contribution in [-0.4, -0.2) is 120 Å². The van der Waals surface area contributed by atoms with E-state index in [-0.39, 0.29) is 84.6 Å². The van der Waals surface area contributed by atoms with Gasteiger partial charge in [0, 0.05) is 67.8 Å². The van der Waals surface area contributed by atoms with Crippen LogP contribution in [0.3, 0.4) is 0 Å². The highest BCUT2D eigenvalue weighted by Gasteiger charge is 2.38. The van der Waals surface area contributed by atoms with Gasteiger partial charge in [0.15, 0.2) is 17.6 Å². The Morgan fingerprint density at radius 1 is 1.06 bits per heavy atom. The number of carbonyl (C=O) groups excluding carboxylic acids is 6. The molecule has 70 heavy (non-hydrogen) atoms. The number of esters is 1. The van der Waals surface area contributed by atoms with E-state index in [0.29, 0.717) is 35.6 Å². The number of carboxylic acid groups (broad SMARTS) is 1. The maximum absolute atomic E-state index is 14.4. The minimum absolute atomic E-state index is 0.00891. The lowest BCUT2D eigenvalue weighted by Gasteiger charge is -2.37. The number of carboxylic acids is 1. The largest absolute Gasteiger partial charge is 0.524 e. The van der Waals surface area contributed by atoms with Gasteiger partial charge in [-0.05, 0) is 75.2 Å². The van der Waals surface area contributed by atoms with Gasteiger partial charge in [0.25, 0.3) is 5.91 Å². The number of carbonyl (C=O) groups is 7. The average molecular weight is 1040 g/mol. The number of hydrogen-bond acceptors (Lipinski definition) is 14. The fourth-order valence-electron chi connectivity index (χ4n) is 8.46. The number of anilines is 1. The van der Waals surface area contributed by atoms with Crippen molar-refractivity contribution < 1.29 is 62.3 Å². The average Bonchev–Trinajstić information content (AvgIpc) is 3.78. The van der Waals surface area contributed by atoms with Crippen molar-refractivity contribution in [3.63, 3.8) is 0 Å². The second-order valence-electron chi connectivity index (χ2n) is 19.6. The van der Waals surface area contributed by atoms with Gasteiger partial charge in [0.05, 0.1) is 23.4 Å². The van der Waals surface area contributed by atoms with E-state index in [1.54, 1.807) is 18.9 Å². The summed E-state index contributed by atoms with van der Waals surface area (Å²) in [5.74, 6) is -4.54. The molecule has 5 N–H and O–H groups in total. The lowest BCUT2D eigenvalue weighted by molar-refractivity contribution is -0.149. The number of piperidine rings is 1. The Hall–Kier alpha value is -4.20. The molecule has 0 spiro atoms. The first-order chi connectivity index (χ1) is 32.6. The van der Waals surface area contributed by atoms with Crippen LogP contribution in [0.25, 0.3) is 0 Å². The van der Waals surface area contributed by atoms with Crippen molar-refractivity contribution in [3.05, 3.63) is 39.8 Å². The smallest absolute Gasteiger partial charge is 0.481 e. The van der Waals surface area contributed by atoms with Gasteiger partial charge in [0.1, 0.15) is 16.5 Å². The van der Waals surface area contributed by atoms with Crippen molar-refractivity contribution in [3.8, 4) is 5.75 Å². The van der Waals surface area contributed by atoms with Gasteiger partial charge in [-0.2, -0.15) is 0 Å². The Morgan fingerprint density at radius 2 is 1.74 bits per heavy atom. The maximum Gasteiger partial charge on any atom is 0.524 e. The molecule has 1 aliphatic heterocycles. The molecule has 0 bridgehead atoms. The molecule has 1 aliphatic rings. The SMILES string of the molecule is CCC(=O)CSC(C)(C)CCC(=O)Nc1cc(C[C@@H](CC(C)C(=O)O)NC(=O)c2csc([C@@H](C[C@H](C(C)C)N(C)C(=O)[C@@H](CC(=O)[C@H]3CCCCN3C)[C@@H](C)CC)OC(C)=O)n2)ccc1OP(=O)(O)O. The molecular weight excluding hydrogens is 962 g/mol. The fraction of sp³-hybridized carbons (Fsp3) is 0.673. The number of likely N-dealkylation sites (N-methyl/N-ethyl adjacent to an activating group) is 1. The second-order valence-corrected chi connectivity index (χ2v) is 23.3. The number of rotatable bonds is 29. The standard InChI is InChI=1S/C49H76N5O13PS2/c1-12-30(5)36(25-41(57)39-16-14-15-21-53(39)10)47(60)54(11)40(29(3)4)26-43(66-32(7)55)46-52-38(28-69-46)45(59)50-34(22-31(6)48(61)62)23-33-17-18-42(67-68(63,64)65)37(24-33)51-44(58)19-20-49(8,9)70-27-35(56)13-2/h17-18,24,28-31,34,36,39-40,43H,12-16,19-23,25-27H2,1-11H3,(H,50,59)(H,51,58)(H,61,62)(H2,63,64,65)/t30-,31?,34+,36-,39+,40+,43+/m0/s1. The van der Waals surface area contributed by atoms with Gasteiger partial charge in [-0.3, -0.25) is 48.2 Å². The van der Waals surface area contributed by atoms with E-state index in [4.69, 9.17) is 9.26 Å². The number of aromatic nitrogens is 1. The van der Waals surface area contributed by atoms with Crippen LogP contribution in [0.5, 0.6) is 5.75 Å². The molecule has 1 fully saturated rings. The quantitative estimate of drug-likeness (QED) is 0.0384. The van der Waals surface area contributed by atoms with Crippen LogP contribution in [-0.2, 0) is 44.5 Å². The van der Waals surface area contributed by atoms with Gasteiger partial charge in [-0.25, -0.2) is 9.55 Å². The summed E-state index contributed by atoms with van der Waals surface area (Å²) in [4.78, 5) is 119. The summed E-state index contributed by atoms with van der Waals surface area (Å²) < 4.78 is 22.2. The van der Waals surface area contributed by atoms with Crippen molar-refractivity contribution in [1.29, 1.82) is 0 Å². The molecule has 392 valence electrons. The lowest BCUT2D eigenvalue weighted by Crippen LogP contribution is -2.48. The van der Waals surface area contributed by atoms with E-state index in [0.717, 1.165) is 37.1 Å². The van der Waals surface area contributed by atoms with Crippen LogP contribution in [0, 0.1) is 23.7 Å². The number of thiazole rings is 1. The van der Waals surface area contributed by atoms with E-state index in [1.807, 2.05) is 48.6 Å². The Labute approximate surface area is 421 Å². The number of ketones is 2. The van der Waals surface area contributed by atoms with Gasteiger partial charge in [0.2, 0.25) is 11.8 Å². The second kappa shape index (κ2) is 27.6. The predicted octanol–water partition coefficient (Wildman–Crippen LogP) is 7.86. The number of benzene rings is 1. The lowest BCUT2D eigenvalue weighted by atomic mass is 9.83. The number of aliphatic carboxylic acids is 1. The fourth-order valence-corrected chi connectivity index (χ4v) is 10.7. The van der Waals surface area contributed by atoms with Crippen LogP contribution in [0.4, 0.5) is 5.69 Å². The maximum atomic E-state index is 14.4. The van der Waals surface area contributed by atoms with E-state index in [9.17, 15) is 53.0 Å². The highest BCUT2D eigenvalue weighted by Crippen LogP contribution is 2.42. The van der Waals surface area contributed by atoms with Crippen LogP contribution in [0.2, 0.25) is 0 Å². The first-order valence-corrected chi connectivity index (χ1v) is 27.5. The van der Waals surface area contributed by atoms with Crippen LogP contribution in [0.15, 0.2) is 23.6 Å². The third kappa shape index (κ3) is 19.4. The molecule has 7 atom stereocenters.